The van der Waals surface area contributed by atoms with E-state index in [1.807, 2.05) is 58.9 Å². The number of esters is 1. The van der Waals surface area contributed by atoms with E-state index in [-0.39, 0.29) is 18.6 Å². The second-order valence-corrected chi connectivity index (χ2v) is 5.99. The van der Waals surface area contributed by atoms with Crippen LogP contribution in [0.4, 0.5) is 0 Å². The molecule has 0 aliphatic rings. The average Bonchev–Trinajstić information content (AvgIpc) is 2.33. The molecule has 0 radical (unpaired) electrons. The zero-order valence-corrected chi connectivity index (χ0v) is 13.0. The molecule has 112 valence electrons. The van der Waals surface area contributed by atoms with Crippen LogP contribution in [-0.4, -0.2) is 30.8 Å². The Kier molecular flexibility index (Phi) is 6.02. The Hall–Kier alpha value is -1.55. The van der Waals surface area contributed by atoms with E-state index in [9.17, 15) is 4.79 Å². The number of benzene rings is 1. The van der Waals surface area contributed by atoms with Gasteiger partial charge in [0.25, 0.3) is 0 Å². The zero-order chi connectivity index (χ0) is 15.2. The highest BCUT2D eigenvalue weighted by Gasteiger charge is 2.16. The van der Waals surface area contributed by atoms with E-state index >= 15 is 0 Å². The molecule has 4 heteroatoms. The Morgan fingerprint density at radius 1 is 1.25 bits per heavy atom. The van der Waals surface area contributed by atoms with Crippen molar-refractivity contribution in [1.29, 1.82) is 0 Å². The van der Waals surface area contributed by atoms with Crippen LogP contribution in [0.25, 0.3) is 0 Å². The van der Waals surface area contributed by atoms with Crippen LogP contribution in [0.1, 0.15) is 33.3 Å². The van der Waals surface area contributed by atoms with Crippen LogP contribution in [0, 0.1) is 6.92 Å². The number of aryl methyl sites for hydroxylation is 1. The molecule has 1 unspecified atom stereocenters. The van der Waals surface area contributed by atoms with Crippen molar-refractivity contribution in [3.05, 3.63) is 29.8 Å². The quantitative estimate of drug-likeness (QED) is 0.813. The van der Waals surface area contributed by atoms with Gasteiger partial charge in [-0.15, -0.1) is 0 Å². The van der Waals surface area contributed by atoms with Gasteiger partial charge in [0.05, 0.1) is 6.54 Å². The summed E-state index contributed by atoms with van der Waals surface area (Å²) in [6.45, 7) is 10.3. The number of carbonyl (C=O) groups excluding carboxylic acids is 1. The molecular weight excluding hydrogens is 254 g/mol. The molecule has 1 rings (SSSR count). The fraction of sp³-hybridized carbons (Fsp3) is 0.562. The topological polar surface area (TPSA) is 47.6 Å². The molecule has 0 amide bonds. The lowest BCUT2D eigenvalue weighted by atomic mass is 10.2. The summed E-state index contributed by atoms with van der Waals surface area (Å²) in [6.07, 6.45) is 0. The highest BCUT2D eigenvalue weighted by atomic mass is 16.6. The lowest BCUT2D eigenvalue weighted by Gasteiger charge is -2.21. The number of hydrogen-bond acceptors (Lipinski definition) is 4. The summed E-state index contributed by atoms with van der Waals surface area (Å²) < 4.78 is 10.9. The van der Waals surface area contributed by atoms with Crippen molar-refractivity contribution in [1.82, 2.24) is 5.32 Å². The SMILES string of the molecule is Cc1ccc(OCC(C)NCC(=O)OC(C)(C)C)cc1. The molecular formula is C16H25NO3. The summed E-state index contributed by atoms with van der Waals surface area (Å²) in [5.41, 5.74) is 0.758. The second kappa shape index (κ2) is 7.29. The van der Waals surface area contributed by atoms with Crippen LogP contribution in [0.5, 0.6) is 5.75 Å². The Balaban J connectivity index is 2.25. The number of hydrogen-bond donors (Lipinski definition) is 1. The second-order valence-electron chi connectivity index (χ2n) is 5.99. The molecule has 0 spiro atoms. The van der Waals surface area contributed by atoms with E-state index < -0.39 is 5.60 Å². The van der Waals surface area contributed by atoms with Gasteiger partial charge in [0.15, 0.2) is 0 Å². The van der Waals surface area contributed by atoms with Gasteiger partial charge in [-0.1, -0.05) is 17.7 Å². The van der Waals surface area contributed by atoms with Crippen LogP contribution in [0.3, 0.4) is 0 Å². The number of ether oxygens (including phenoxy) is 2. The minimum Gasteiger partial charge on any atom is -0.492 e. The van der Waals surface area contributed by atoms with E-state index in [0.717, 1.165) is 5.75 Å². The third kappa shape index (κ3) is 7.14. The smallest absolute Gasteiger partial charge is 0.320 e. The summed E-state index contributed by atoms with van der Waals surface area (Å²) in [4.78, 5) is 11.5. The van der Waals surface area contributed by atoms with Crippen molar-refractivity contribution in [2.45, 2.75) is 46.3 Å². The molecule has 0 fully saturated rings. The number of rotatable bonds is 6. The fourth-order valence-electron chi connectivity index (χ4n) is 1.55. The molecule has 0 heterocycles. The van der Waals surface area contributed by atoms with Gasteiger partial charge in [-0.3, -0.25) is 4.79 Å². The minimum atomic E-state index is -0.444. The Labute approximate surface area is 121 Å². The van der Waals surface area contributed by atoms with Crippen molar-refractivity contribution < 1.29 is 14.3 Å². The summed E-state index contributed by atoms with van der Waals surface area (Å²) >= 11 is 0. The molecule has 1 N–H and O–H groups in total. The Morgan fingerprint density at radius 2 is 1.85 bits per heavy atom. The Bertz CT molecular complexity index is 420. The van der Waals surface area contributed by atoms with Crippen LogP contribution in [0.2, 0.25) is 0 Å². The zero-order valence-electron chi connectivity index (χ0n) is 13.0. The largest absolute Gasteiger partial charge is 0.492 e. The lowest BCUT2D eigenvalue weighted by Crippen LogP contribution is -2.38. The molecule has 1 aromatic carbocycles. The van der Waals surface area contributed by atoms with Gasteiger partial charge in [0, 0.05) is 6.04 Å². The highest BCUT2D eigenvalue weighted by Crippen LogP contribution is 2.11. The van der Waals surface area contributed by atoms with Gasteiger partial charge in [0.1, 0.15) is 18.0 Å². The van der Waals surface area contributed by atoms with Gasteiger partial charge >= 0.3 is 5.97 Å². The maximum absolute atomic E-state index is 11.5. The molecule has 0 aromatic heterocycles. The molecule has 0 saturated heterocycles. The maximum atomic E-state index is 11.5. The van der Waals surface area contributed by atoms with E-state index in [0.29, 0.717) is 6.61 Å². The van der Waals surface area contributed by atoms with Crippen molar-refractivity contribution in [3.63, 3.8) is 0 Å². The predicted octanol–water partition coefficient (Wildman–Crippen LogP) is 2.69. The van der Waals surface area contributed by atoms with Gasteiger partial charge < -0.3 is 14.8 Å². The monoisotopic (exact) mass is 279 g/mol. The van der Waals surface area contributed by atoms with Gasteiger partial charge in [0.2, 0.25) is 0 Å². The minimum absolute atomic E-state index is 0.0730. The predicted molar refractivity (Wildman–Crippen MR) is 80.0 cm³/mol. The van der Waals surface area contributed by atoms with E-state index in [1.54, 1.807) is 0 Å². The summed E-state index contributed by atoms with van der Waals surface area (Å²) in [5.74, 6) is 0.584. The van der Waals surface area contributed by atoms with E-state index in [4.69, 9.17) is 9.47 Å². The standard InChI is InChI=1S/C16H25NO3/c1-12-6-8-14(9-7-12)19-11-13(2)17-10-15(18)20-16(3,4)5/h6-9,13,17H,10-11H2,1-5H3. The molecule has 1 aromatic rings. The number of nitrogens with one attached hydrogen (secondary N) is 1. The van der Waals surface area contributed by atoms with Crippen molar-refractivity contribution in [3.8, 4) is 5.75 Å². The summed E-state index contributed by atoms with van der Waals surface area (Å²) in [5, 5.41) is 3.09. The normalized spacial score (nSPS) is 12.8. The van der Waals surface area contributed by atoms with Crippen LogP contribution in [0.15, 0.2) is 24.3 Å². The third-order valence-electron chi connectivity index (χ3n) is 2.54. The lowest BCUT2D eigenvalue weighted by molar-refractivity contribution is -0.153. The first-order valence-electron chi connectivity index (χ1n) is 6.91. The summed E-state index contributed by atoms with van der Waals surface area (Å²) in [6, 6.07) is 7.97. The Morgan fingerprint density at radius 3 is 2.40 bits per heavy atom. The van der Waals surface area contributed by atoms with Gasteiger partial charge in [-0.25, -0.2) is 0 Å². The molecule has 20 heavy (non-hydrogen) atoms. The molecule has 0 saturated carbocycles. The highest BCUT2D eigenvalue weighted by molar-refractivity contribution is 5.72. The van der Waals surface area contributed by atoms with Crippen molar-refractivity contribution in [2.75, 3.05) is 13.2 Å². The van der Waals surface area contributed by atoms with Crippen molar-refractivity contribution in [2.24, 2.45) is 0 Å². The van der Waals surface area contributed by atoms with Crippen LogP contribution in [-0.2, 0) is 9.53 Å². The molecule has 4 nitrogen and oxygen atoms in total. The van der Waals surface area contributed by atoms with E-state index in [2.05, 4.69) is 5.32 Å². The third-order valence-corrected chi connectivity index (χ3v) is 2.54. The molecule has 0 bridgehead atoms. The number of carbonyl (C=O) groups is 1. The average molecular weight is 279 g/mol. The van der Waals surface area contributed by atoms with Crippen molar-refractivity contribution >= 4 is 5.97 Å². The molecule has 1 atom stereocenters. The van der Waals surface area contributed by atoms with Crippen LogP contribution < -0.4 is 10.1 Å². The van der Waals surface area contributed by atoms with Gasteiger partial charge in [-0.05, 0) is 46.8 Å². The summed E-state index contributed by atoms with van der Waals surface area (Å²) in [7, 11) is 0. The first-order valence-corrected chi connectivity index (χ1v) is 6.91. The van der Waals surface area contributed by atoms with Crippen LogP contribution >= 0.6 is 0 Å². The van der Waals surface area contributed by atoms with Gasteiger partial charge in [-0.2, -0.15) is 0 Å². The maximum Gasteiger partial charge on any atom is 0.320 e. The first-order chi connectivity index (χ1) is 9.26. The fourth-order valence-corrected chi connectivity index (χ4v) is 1.55. The molecule has 0 aliphatic heterocycles. The first kappa shape index (κ1) is 16.5. The van der Waals surface area contributed by atoms with E-state index in [1.165, 1.54) is 5.56 Å². The molecule has 0 aliphatic carbocycles.